The van der Waals surface area contributed by atoms with Crippen molar-refractivity contribution in [3.63, 3.8) is 0 Å². The van der Waals surface area contributed by atoms with Gasteiger partial charge >= 0.3 is 0 Å². The van der Waals surface area contributed by atoms with Crippen LogP contribution >= 0.6 is 13.5 Å². The summed E-state index contributed by atoms with van der Waals surface area (Å²) in [6.45, 7) is 0. The summed E-state index contributed by atoms with van der Waals surface area (Å²) >= 11 is 0. The minimum atomic E-state index is 0. The minimum absolute atomic E-state index is 0. The number of rotatable bonds is 0. The smallest absolute Gasteiger partial charge is 0 e. The van der Waals surface area contributed by atoms with E-state index in [1.54, 1.807) is 0 Å². The lowest BCUT2D eigenvalue weighted by atomic mass is 12.0. The van der Waals surface area contributed by atoms with Gasteiger partial charge in [-0.05, 0) is 0 Å². The maximum atomic E-state index is 0. The van der Waals surface area contributed by atoms with Gasteiger partial charge in [-0.15, -0.1) is 0 Å². The van der Waals surface area contributed by atoms with Crippen LogP contribution in [0.4, 0.5) is 0 Å². The lowest BCUT2D eigenvalue weighted by molar-refractivity contribution is 0.686. The molecular weight excluding hydrogens is 76.1 g/mol. The van der Waals surface area contributed by atoms with E-state index in [1.165, 1.54) is 0 Å². The van der Waals surface area contributed by atoms with Gasteiger partial charge in [-0.1, -0.05) is 0 Å². The molecule has 3 heteroatoms. The summed E-state index contributed by atoms with van der Waals surface area (Å²) in [7, 11) is 0. The lowest BCUT2D eigenvalue weighted by Gasteiger charge is -0.00100. The van der Waals surface area contributed by atoms with E-state index in [2.05, 4.69) is 0 Å². The van der Waals surface area contributed by atoms with Crippen molar-refractivity contribution in [3.8, 4) is 0 Å². The third-order valence-corrected chi connectivity index (χ3v) is 0. The van der Waals surface area contributed by atoms with Gasteiger partial charge in [0, 0.05) is 31.9 Å². The average molecular weight is 76.1 g/mol. The van der Waals surface area contributed by atoms with Crippen molar-refractivity contribution >= 4 is 13.5 Å². The van der Waals surface area contributed by atoms with Crippen molar-refractivity contribution in [1.29, 1.82) is 0 Å². The molecule has 22 valence electrons. The fraction of sp³-hybridized carbons (Fsp3) is 0. The summed E-state index contributed by atoms with van der Waals surface area (Å²) in [6, 6.07) is 0. The molecule has 0 amide bonds. The summed E-state index contributed by atoms with van der Waals surface area (Å²) in [5, 5.41) is 0. The molecule has 0 atom stereocenters. The second kappa shape index (κ2) is 231. The fourth-order valence-electron chi connectivity index (χ4n) is 0. The van der Waals surface area contributed by atoms with Gasteiger partial charge in [0.05, 0.1) is 0 Å². The normalized spacial score (nSPS) is 0. The van der Waals surface area contributed by atoms with Gasteiger partial charge < -0.3 is 0 Å². The van der Waals surface area contributed by atoms with Crippen LogP contribution in [0, 0.1) is 7.43 Å². The van der Waals surface area contributed by atoms with E-state index in [1.807, 2.05) is 0 Å². The Kier molecular flexibility index (Phi) is 36200. The summed E-state index contributed by atoms with van der Waals surface area (Å²) in [5.74, 6) is 0. The van der Waals surface area contributed by atoms with Crippen LogP contribution < -0.4 is 0 Å². The molecule has 0 fully saturated rings. The third kappa shape index (κ3) is 50.2. The molecule has 0 saturated heterocycles. The van der Waals surface area contributed by atoms with E-state index < -0.39 is 0 Å². The Labute approximate surface area is 32.9 Å². The molecule has 0 aromatic rings. The molecule has 2 nitrogen and oxygen atoms in total. The highest BCUT2D eigenvalue weighted by molar-refractivity contribution is 7.59. The summed E-state index contributed by atoms with van der Waals surface area (Å²) in [5.41, 5.74) is 0. The number of hydrogen-bond donors (Lipinski definition) is 0. The highest BCUT2D eigenvalue weighted by Gasteiger charge is 0.00300. The molecule has 0 bridgehead atoms. The molecule has 0 rings (SSSR count). The second-order valence-corrected chi connectivity index (χ2v) is 0. The quantitative estimate of drug-likeness (QED) is 0.403. The molecule has 0 heterocycles. The predicted octanol–water partition coefficient (Wildman–Crippen LogP) is 0.492. The van der Waals surface area contributed by atoms with Crippen LogP contribution in [0.2, 0.25) is 0 Å². The Morgan fingerprint density at radius 3 is 0.750 bits per heavy atom. The molecule has 0 aliphatic heterocycles. The first-order valence-corrected chi connectivity index (χ1v) is 0. The van der Waals surface area contributed by atoms with Crippen LogP contribution in [0.25, 0.3) is 0 Å². The van der Waals surface area contributed by atoms with E-state index in [4.69, 9.17) is 0 Å². The van der Waals surface area contributed by atoms with E-state index in [-0.39, 0.29) is 31.9 Å². The van der Waals surface area contributed by atoms with Gasteiger partial charge in [-0.3, -0.25) is 0 Å². The second-order valence-electron chi connectivity index (χ2n) is 0. The molecule has 0 aromatic carbocycles. The zero-order chi connectivity index (χ0) is 0. The zero-order valence-corrected chi connectivity index (χ0v) is 2.54. The Morgan fingerprint density at radius 2 is 0.750 bits per heavy atom. The van der Waals surface area contributed by atoms with Crippen molar-refractivity contribution < 1.29 is 11.0 Å². The van der Waals surface area contributed by atoms with Crippen LogP contribution in [0.1, 0.15) is 0 Å². The zero-order valence-electron chi connectivity index (χ0n) is 1.72. The molecule has 10 radical (unpaired) electrons. The Morgan fingerprint density at radius 1 is 0.750 bits per heavy atom. The van der Waals surface area contributed by atoms with Gasteiger partial charge in [0.1, 0.15) is 0 Å². The lowest BCUT2D eigenvalue weighted by Crippen LogP contribution is -0.120. The van der Waals surface area contributed by atoms with Crippen LogP contribution in [-0.2, 0) is 11.0 Å². The van der Waals surface area contributed by atoms with E-state index >= 15 is 0 Å². The fourth-order valence-corrected chi connectivity index (χ4v) is 0. The van der Waals surface area contributed by atoms with E-state index in [9.17, 15) is 0 Å². The van der Waals surface area contributed by atoms with Gasteiger partial charge in [0.25, 0.3) is 0 Å². The minimum Gasteiger partial charge on any atom is 0 e. The first kappa shape index (κ1) is 626. The molecule has 0 aliphatic rings. The summed E-state index contributed by atoms with van der Waals surface area (Å²) in [6.07, 6.45) is 0. The van der Waals surface area contributed by atoms with Crippen molar-refractivity contribution in [2.45, 2.75) is 0 Å². The van der Waals surface area contributed by atoms with Gasteiger partial charge in [-0.2, -0.15) is 0 Å². The Bertz CT molecular complexity index is 6.00. The summed E-state index contributed by atoms with van der Waals surface area (Å²) in [4.78, 5) is 0. The molecule has 0 N–H and O–H groups in total. The predicted molar refractivity (Wildman–Crippen MR) is 12.2 cm³/mol. The topological polar surface area (TPSA) is 57.0 Å². The van der Waals surface area contributed by atoms with Crippen LogP contribution in [0.5, 0.6) is 0 Å². The van der Waals surface area contributed by atoms with Crippen molar-refractivity contribution in [2.24, 2.45) is 0 Å². The molecule has 0 spiro atoms. The summed E-state index contributed by atoms with van der Waals surface area (Å²) < 4.78 is 0. The first-order valence-electron chi connectivity index (χ1n) is 0. The standard InChI is InChI=1S/C.2O.S. The highest BCUT2D eigenvalue weighted by atomic mass is 32.1. The van der Waals surface area contributed by atoms with Gasteiger partial charge in [0.2, 0.25) is 0 Å². The Balaban J connectivity index is 0. The maximum Gasteiger partial charge on any atom is 0 e. The first-order chi connectivity index (χ1) is 0. The molecule has 0 aliphatic carbocycles. The van der Waals surface area contributed by atoms with Gasteiger partial charge in [0.15, 0.2) is 0 Å². The molecule has 0 unspecified atom stereocenters. The molecule has 4 heavy (non-hydrogen) atoms. The van der Waals surface area contributed by atoms with E-state index in [0.717, 1.165) is 0 Å². The van der Waals surface area contributed by atoms with Crippen LogP contribution in [-0.4, -0.2) is 0 Å². The van der Waals surface area contributed by atoms with E-state index in [0.29, 0.717) is 0 Å². The highest BCUT2D eigenvalue weighted by Crippen LogP contribution is 0.648. The van der Waals surface area contributed by atoms with Crippen molar-refractivity contribution in [3.05, 3.63) is 7.43 Å². The molecule has 0 saturated carbocycles. The monoisotopic (exact) mass is 76.0 g/mol. The van der Waals surface area contributed by atoms with Gasteiger partial charge in [-0.25, -0.2) is 0 Å². The largest absolute Gasteiger partial charge is 0 e. The average Bonchev–Trinajstić information content (AvgIpc) is 0. The molecule has 0 aromatic heterocycles. The third-order valence-electron chi connectivity index (χ3n) is 0. The Hall–Kier alpha value is 0.270. The van der Waals surface area contributed by atoms with Crippen LogP contribution in [0.15, 0.2) is 0 Å². The van der Waals surface area contributed by atoms with Crippen molar-refractivity contribution in [1.82, 2.24) is 0 Å². The maximum absolute atomic E-state index is 0. The number of hydrogen-bond acceptors (Lipinski definition) is 0. The van der Waals surface area contributed by atoms with Crippen molar-refractivity contribution in [2.75, 3.05) is 0 Å². The molecular formula is CO2S. The SMILES string of the molecule is [C].[O].[O].[S]. The van der Waals surface area contributed by atoms with Crippen LogP contribution in [0.3, 0.4) is 0 Å².